The standard InChI is InChI=1S/C20H16F6N4O3S/c1-2-3-4-11-5-7-14(13(9-11)20(24,25)26)29-17(31)27-28-18(29)34-16-8-6-12(19(21,22)23)10-15(16)30(32)33/h5-10H,2-4H2,1H3,(H,27,31). The molecule has 0 amide bonds. The van der Waals surface area contributed by atoms with Gasteiger partial charge in [-0.1, -0.05) is 19.4 Å². The highest BCUT2D eigenvalue weighted by molar-refractivity contribution is 7.99. The van der Waals surface area contributed by atoms with Crippen molar-refractivity contribution >= 4 is 17.4 Å². The van der Waals surface area contributed by atoms with Crippen molar-refractivity contribution in [2.75, 3.05) is 0 Å². The van der Waals surface area contributed by atoms with Crippen molar-refractivity contribution in [3.8, 4) is 5.69 Å². The molecule has 0 aliphatic carbocycles. The summed E-state index contributed by atoms with van der Waals surface area (Å²) in [5.41, 5.74) is -4.54. The van der Waals surface area contributed by atoms with E-state index in [0.29, 0.717) is 46.9 Å². The van der Waals surface area contributed by atoms with Crippen LogP contribution in [0.5, 0.6) is 0 Å². The van der Waals surface area contributed by atoms with Crippen LogP contribution in [0.2, 0.25) is 0 Å². The highest BCUT2D eigenvalue weighted by atomic mass is 32.2. The Kier molecular flexibility index (Phi) is 7.10. The fourth-order valence-corrected chi connectivity index (χ4v) is 4.06. The van der Waals surface area contributed by atoms with Crippen molar-refractivity contribution in [3.05, 3.63) is 73.7 Å². The van der Waals surface area contributed by atoms with Crippen molar-refractivity contribution in [2.45, 2.75) is 48.6 Å². The highest BCUT2D eigenvalue weighted by Crippen LogP contribution is 2.40. The van der Waals surface area contributed by atoms with Crippen LogP contribution in [0.1, 0.15) is 36.5 Å². The number of H-pyrrole nitrogens is 1. The summed E-state index contributed by atoms with van der Waals surface area (Å²) in [7, 11) is 0. The molecular weight excluding hydrogens is 490 g/mol. The zero-order chi connectivity index (χ0) is 25.3. The Labute approximate surface area is 191 Å². The van der Waals surface area contributed by atoms with Gasteiger partial charge in [0.1, 0.15) is 0 Å². The molecule has 3 aromatic rings. The Morgan fingerprint density at radius 2 is 1.79 bits per heavy atom. The molecule has 0 saturated carbocycles. The minimum absolute atomic E-state index is 0.307. The number of rotatable bonds is 7. The van der Waals surface area contributed by atoms with Crippen LogP contribution >= 0.6 is 11.8 Å². The van der Waals surface area contributed by atoms with Crippen LogP contribution in [0.4, 0.5) is 32.0 Å². The van der Waals surface area contributed by atoms with Crippen molar-refractivity contribution in [2.24, 2.45) is 0 Å². The Morgan fingerprint density at radius 3 is 2.38 bits per heavy atom. The summed E-state index contributed by atoms with van der Waals surface area (Å²) in [5, 5.41) is 16.5. The molecule has 0 aliphatic heterocycles. The molecule has 2 aromatic carbocycles. The molecule has 0 radical (unpaired) electrons. The van der Waals surface area contributed by atoms with Gasteiger partial charge >= 0.3 is 18.0 Å². The van der Waals surface area contributed by atoms with Gasteiger partial charge < -0.3 is 0 Å². The number of unbranched alkanes of at least 4 members (excludes halogenated alkanes) is 1. The van der Waals surface area contributed by atoms with E-state index >= 15 is 0 Å². The molecule has 0 aliphatic rings. The van der Waals surface area contributed by atoms with Crippen LogP contribution in [0, 0.1) is 10.1 Å². The van der Waals surface area contributed by atoms with Gasteiger partial charge in [-0.15, -0.1) is 5.10 Å². The Balaban J connectivity index is 2.12. The predicted molar refractivity (Wildman–Crippen MR) is 110 cm³/mol. The number of nitrogens with zero attached hydrogens (tertiary/aromatic N) is 3. The summed E-state index contributed by atoms with van der Waals surface area (Å²) in [6.07, 6.45) is -7.88. The number of hydrogen-bond donors (Lipinski definition) is 1. The van der Waals surface area contributed by atoms with Gasteiger partial charge in [0.15, 0.2) is 0 Å². The van der Waals surface area contributed by atoms with Crippen molar-refractivity contribution < 1.29 is 31.3 Å². The van der Waals surface area contributed by atoms with E-state index in [1.807, 2.05) is 12.0 Å². The number of alkyl halides is 6. The zero-order valence-corrected chi connectivity index (χ0v) is 18.1. The molecule has 7 nitrogen and oxygen atoms in total. The van der Waals surface area contributed by atoms with Crippen LogP contribution in [0.3, 0.4) is 0 Å². The summed E-state index contributed by atoms with van der Waals surface area (Å²) < 4.78 is 80.9. The van der Waals surface area contributed by atoms with E-state index < -0.39 is 50.6 Å². The van der Waals surface area contributed by atoms with Crippen molar-refractivity contribution in [3.63, 3.8) is 0 Å². The molecule has 1 heterocycles. The van der Waals surface area contributed by atoms with E-state index in [0.717, 1.165) is 24.6 Å². The molecule has 1 aromatic heterocycles. The topological polar surface area (TPSA) is 93.8 Å². The normalized spacial score (nSPS) is 12.2. The van der Waals surface area contributed by atoms with Gasteiger partial charge in [-0.3, -0.25) is 10.1 Å². The van der Waals surface area contributed by atoms with Gasteiger partial charge in [-0.2, -0.15) is 26.3 Å². The number of benzene rings is 2. The molecule has 34 heavy (non-hydrogen) atoms. The fourth-order valence-electron chi connectivity index (χ4n) is 3.13. The number of hydrogen-bond acceptors (Lipinski definition) is 5. The predicted octanol–water partition coefficient (Wildman–Crippen LogP) is 6.00. The van der Waals surface area contributed by atoms with Crippen LogP contribution in [0.25, 0.3) is 5.69 Å². The molecule has 1 N–H and O–H groups in total. The van der Waals surface area contributed by atoms with E-state index in [2.05, 4.69) is 5.10 Å². The Morgan fingerprint density at radius 1 is 1.09 bits per heavy atom. The van der Waals surface area contributed by atoms with Crippen LogP contribution < -0.4 is 5.69 Å². The lowest BCUT2D eigenvalue weighted by Crippen LogP contribution is -2.20. The van der Waals surface area contributed by atoms with E-state index in [1.54, 1.807) is 0 Å². The van der Waals surface area contributed by atoms with Crippen LogP contribution in [0.15, 0.2) is 51.2 Å². The first-order valence-electron chi connectivity index (χ1n) is 9.74. The van der Waals surface area contributed by atoms with E-state index in [4.69, 9.17) is 0 Å². The second-order valence-corrected chi connectivity index (χ2v) is 8.15. The zero-order valence-electron chi connectivity index (χ0n) is 17.3. The van der Waals surface area contributed by atoms with Crippen LogP contribution in [-0.4, -0.2) is 19.7 Å². The number of nitrogens with one attached hydrogen (secondary N) is 1. The third-order valence-electron chi connectivity index (χ3n) is 4.75. The second kappa shape index (κ2) is 9.52. The Bertz CT molecular complexity index is 1270. The van der Waals surface area contributed by atoms with E-state index in [-0.39, 0.29) is 4.90 Å². The fraction of sp³-hybridized carbons (Fsp3) is 0.300. The molecular formula is C20H16F6N4O3S. The maximum atomic E-state index is 13.8. The van der Waals surface area contributed by atoms with Gasteiger partial charge in [-0.05, 0) is 54.4 Å². The number of nitro groups is 1. The minimum atomic E-state index is -4.84. The van der Waals surface area contributed by atoms with Gasteiger partial charge in [0, 0.05) is 6.07 Å². The maximum Gasteiger partial charge on any atom is 0.418 e. The third kappa shape index (κ3) is 5.43. The highest BCUT2D eigenvalue weighted by Gasteiger charge is 2.36. The number of nitro benzene ring substituents is 1. The van der Waals surface area contributed by atoms with Gasteiger partial charge in [-0.25, -0.2) is 14.5 Å². The maximum absolute atomic E-state index is 13.8. The second-order valence-electron chi connectivity index (χ2n) is 7.14. The molecule has 0 bridgehead atoms. The summed E-state index contributed by atoms with van der Waals surface area (Å²) in [6, 6.07) is 5.13. The summed E-state index contributed by atoms with van der Waals surface area (Å²) in [5.74, 6) is 0. The summed E-state index contributed by atoms with van der Waals surface area (Å²) >= 11 is 0.386. The average Bonchev–Trinajstić information content (AvgIpc) is 3.10. The molecule has 3 rings (SSSR count). The molecule has 182 valence electrons. The lowest BCUT2D eigenvalue weighted by molar-refractivity contribution is -0.388. The van der Waals surface area contributed by atoms with Gasteiger partial charge in [0.2, 0.25) is 5.16 Å². The van der Waals surface area contributed by atoms with E-state index in [9.17, 15) is 41.3 Å². The number of aryl methyl sites for hydroxylation is 1. The van der Waals surface area contributed by atoms with Crippen LogP contribution in [-0.2, 0) is 18.8 Å². The molecule has 0 saturated heterocycles. The molecule has 0 unspecified atom stereocenters. The number of aromatic nitrogens is 3. The van der Waals surface area contributed by atoms with Crippen molar-refractivity contribution in [1.29, 1.82) is 0 Å². The quantitative estimate of drug-likeness (QED) is 0.241. The molecule has 0 atom stereocenters. The lowest BCUT2D eigenvalue weighted by atomic mass is 10.0. The largest absolute Gasteiger partial charge is 0.418 e. The van der Waals surface area contributed by atoms with E-state index in [1.165, 1.54) is 6.07 Å². The first-order chi connectivity index (χ1) is 15.8. The van der Waals surface area contributed by atoms with Crippen molar-refractivity contribution in [1.82, 2.24) is 14.8 Å². The van der Waals surface area contributed by atoms with Gasteiger partial charge in [0.25, 0.3) is 5.69 Å². The monoisotopic (exact) mass is 506 g/mol. The average molecular weight is 506 g/mol. The smallest absolute Gasteiger partial charge is 0.258 e. The molecule has 0 spiro atoms. The first kappa shape index (κ1) is 25.3. The SMILES string of the molecule is CCCCc1ccc(-n2c(Sc3ccc(C(F)(F)F)cc3[N+](=O)[O-])n[nH]c2=O)c(C(F)(F)F)c1. The number of halogens is 6. The molecule has 14 heteroatoms. The third-order valence-corrected chi connectivity index (χ3v) is 5.77. The summed E-state index contributed by atoms with van der Waals surface area (Å²) in [4.78, 5) is 22.3. The number of aromatic amines is 1. The Hall–Kier alpha value is -3.29. The first-order valence-corrected chi connectivity index (χ1v) is 10.6. The minimum Gasteiger partial charge on any atom is -0.258 e. The lowest BCUT2D eigenvalue weighted by Gasteiger charge is -2.16. The molecule has 0 fully saturated rings. The van der Waals surface area contributed by atoms with Gasteiger partial charge in [0.05, 0.1) is 26.6 Å². The summed E-state index contributed by atoms with van der Waals surface area (Å²) in [6.45, 7) is 1.88.